The molecule has 0 bridgehead atoms. The second-order valence-corrected chi connectivity index (χ2v) is 9.59. The third kappa shape index (κ3) is 9.41. The van der Waals surface area contributed by atoms with Crippen molar-refractivity contribution in [2.24, 2.45) is 17.4 Å². The Labute approximate surface area is 223 Å². The van der Waals surface area contributed by atoms with Gasteiger partial charge in [-0.15, -0.1) is 0 Å². The molecule has 39 heavy (non-hydrogen) atoms. The van der Waals surface area contributed by atoms with Crippen molar-refractivity contribution in [3.63, 3.8) is 0 Å². The van der Waals surface area contributed by atoms with Crippen LogP contribution >= 0.6 is 0 Å². The molecule has 1 heterocycles. The molecule has 212 valence electrons. The van der Waals surface area contributed by atoms with Gasteiger partial charge in [0.25, 0.3) is 0 Å². The van der Waals surface area contributed by atoms with Crippen LogP contribution in [0.2, 0.25) is 0 Å². The summed E-state index contributed by atoms with van der Waals surface area (Å²) < 4.78 is 0. The molecule has 0 aliphatic carbocycles. The van der Waals surface area contributed by atoms with Crippen LogP contribution in [0.3, 0.4) is 0 Å². The van der Waals surface area contributed by atoms with Crippen LogP contribution in [0.5, 0.6) is 0 Å². The van der Waals surface area contributed by atoms with E-state index in [1.807, 2.05) is 13.8 Å². The largest absolute Gasteiger partial charge is 0.481 e. The maximum atomic E-state index is 13.0. The van der Waals surface area contributed by atoms with Crippen molar-refractivity contribution in [1.82, 2.24) is 20.9 Å². The number of carbonyl (C=O) groups excluding carboxylic acids is 4. The molecule has 2 aromatic rings. The summed E-state index contributed by atoms with van der Waals surface area (Å²) >= 11 is 0. The topological polar surface area (TPSA) is 247 Å². The lowest BCUT2D eigenvalue weighted by molar-refractivity contribution is -0.143. The Balaban J connectivity index is 2.19. The predicted octanol–water partition coefficient (Wildman–Crippen LogP) is -1.03. The van der Waals surface area contributed by atoms with E-state index in [2.05, 4.69) is 20.9 Å². The SMILES string of the molecule is CC(C)CC(N)C(=O)NC(CC(N)=O)C(=O)NC(CC(=O)O)C(=O)NC(Cc1c[nH]c2ccccc12)C(=O)O. The van der Waals surface area contributed by atoms with E-state index >= 15 is 0 Å². The fourth-order valence-corrected chi connectivity index (χ4v) is 3.95. The highest BCUT2D eigenvalue weighted by atomic mass is 16.4. The first kappa shape index (κ1) is 30.8. The highest BCUT2D eigenvalue weighted by Gasteiger charge is 2.32. The first-order chi connectivity index (χ1) is 18.3. The number of benzene rings is 1. The Bertz CT molecular complexity index is 1230. The Morgan fingerprint density at radius 3 is 2.00 bits per heavy atom. The standard InChI is InChI=1S/C25H34N6O8/c1-12(2)7-15(26)22(35)29-17(9-20(27)32)23(36)30-18(10-21(33)34)24(37)31-19(25(38)39)8-13-11-28-16-6-4-3-5-14(13)16/h3-6,11-12,15,17-19,28H,7-10,26H2,1-2H3,(H2,27,32)(H,29,35)(H,30,36)(H,31,37)(H,33,34)(H,38,39). The number of para-hydroxylation sites is 1. The summed E-state index contributed by atoms with van der Waals surface area (Å²) in [5.41, 5.74) is 12.4. The number of aliphatic carboxylic acids is 2. The lowest BCUT2D eigenvalue weighted by atomic mass is 10.0. The lowest BCUT2D eigenvalue weighted by Crippen LogP contribution is -2.58. The molecule has 0 aliphatic rings. The molecule has 4 unspecified atom stereocenters. The number of aromatic nitrogens is 1. The monoisotopic (exact) mass is 546 g/mol. The Hall–Kier alpha value is -4.46. The van der Waals surface area contributed by atoms with Gasteiger partial charge >= 0.3 is 11.9 Å². The van der Waals surface area contributed by atoms with Crippen molar-refractivity contribution < 1.29 is 39.0 Å². The third-order valence-corrected chi connectivity index (χ3v) is 5.83. The van der Waals surface area contributed by atoms with Crippen LogP contribution in [-0.2, 0) is 35.2 Å². The Kier molecular flexibility index (Phi) is 11.0. The average Bonchev–Trinajstić information content (AvgIpc) is 3.24. The normalized spacial score (nSPS) is 14.2. The van der Waals surface area contributed by atoms with E-state index in [0.717, 1.165) is 10.9 Å². The van der Waals surface area contributed by atoms with Gasteiger partial charge in [-0.25, -0.2) is 4.79 Å². The minimum atomic E-state index is -1.73. The molecule has 4 atom stereocenters. The number of hydrogen-bond acceptors (Lipinski definition) is 7. The molecule has 0 aliphatic heterocycles. The van der Waals surface area contributed by atoms with Crippen LogP contribution in [0.4, 0.5) is 0 Å². The molecule has 0 radical (unpaired) electrons. The first-order valence-electron chi connectivity index (χ1n) is 12.2. The zero-order valence-corrected chi connectivity index (χ0v) is 21.6. The smallest absolute Gasteiger partial charge is 0.326 e. The molecule has 0 spiro atoms. The number of H-pyrrole nitrogens is 1. The van der Waals surface area contributed by atoms with Gasteiger partial charge in [-0.1, -0.05) is 32.0 Å². The zero-order chi connectivity index (χ0) is 29.3. The number of aromatic amines is 1. The van der Waals surface area contributed by atoms with Crippen molar-refractivity contribution >= 4 is 46.5 Å². The second-order valence-electron chi connectivity index (χ2n) is 9.59. The van der Waals surface area contributed by atoms with Gasteiger partial charge in [-0.2, -0.15) is 0 Å². The summed E-state index contributed by atoms with van der Waals surface area (Å²) in [6, 6.07) is 1.41. The minimum absolute atomic E-state index is 0.0595. The number of hydrogen-bond donors (Lipinski definition) is 8. The molecule has 0 saturated carbocycles. The first-order valence-corrected chi connectivity index (χ1v) is 12.2. The Morgan fingerprint density at radius 2 is 1.44 bits per heavy atom. The van der Waals surface area contributed by atoms with Crippen LogP contribution in [0.15, 0.2) is 30.5 Å². The van der Waals surface area contributed by atoms with Gasteiger partial charge in [0.05, 0.1) is 18.9 Å². The van der Waals surface area contributed by atoms with Crippen LogP contribution in [0.1, 0.15) is 38.7 Å². The molecule has 14 nitrogen and oxygen atoms in total. The lowest BCUT2D eigenvalue weighted by Gasteiger charge is -2.24. The highest BCUT2D eigenvalue weighted by molar-refractivity contribution is 5.97. The van der Waals surface area contributed by atoms with E-state index in [-0.39, 0.29) is 18.8 Å². The Morgan fingerprint density at radius 1 is 0.872 bits per heavy atom. The molecule has 1 aromatic carbocycles. The van der Waals surface area contributed by atoms with E-state index in [4.69, 9.17) is 11.5 Å². The van der Waals surface area contributed by atoms with E-state index < -0.39 is 72.6 Å². The summed E-state index contributed by atoms with van der Waals surface area (Å²) in [4.78, 5) is 76.2. The van der Waals surface area contributed by atoms with E-state index in [1.54, 1.807) is 30.5 Å². The van der Waals surface area contributed by atoms with Crippen molar-refractivity contribution in [2.45, 2.75) is 63.7 Å². The van der Waals surface area contributed by atoms with Crippen LogP contribution in [0, 0.1) is 5.92 Å². The summed E-state index contributed by atoms with van der Waals surface area (Å²) in [7, 11) is 0. The fourth-order valence-electron chi connectivity index (χ4n) is 3.95. The molecule has 2 rings (SSSR count). The fraction of sp³-hybridized carbons (Fsp3) is 0.440. The van der Waals surface area contributed by atoms with Gasteiger partial charge in [0, 0.05) is 23.5 Å². The quantitative estimate of drug-likeness (QED) is 0.136. The number of fused-ring (bicyclic) bond motifs is 1. The highest BCUT2D eigenvalue weighted by Crippen LogP contribution is 2.19. The van der Waals surface area contributed by atoms with Crippen LogP contribution in [-0.4, -0.2) is 74.9 Å². The average molecular weight is 547 g/mol. The van der Waals surface area contributed by atoms with Crippen LogP contribution in [0.25, 0.3) is 10.9 Å². The van der Waals surface area contributed by atoms with Gasteiger partial charge in [-0.05, 0) is 24.0 Å². The van der Waals surface area contributed by atoms with Gasteiger partial charge < -0.3 is 42.6 Å². The molecular formula is C25H34N6O8. The molecule has 0 saturated heterocycles. The molecule has 10 N–H and O–H groups in total. The van der Waals surface area contributed by atoms with Gasteiger partial charge in [0.15, 0.2) is 0 Å². The molecule has 14 heteroatoms. The number of carboxylic acid groups (broad SMARTS) is 2. The van der Waals surface area contributed by atoms with Crippen molar-refractivity contribution in [3.05, 3.63) is 36.0 Å². The zero-order valence-electron chi connectivity index (χ0n) is 21.6. The van der Waals surface area contributed by atoms with E-state index in [1.165, 1.54) is 0 Å². The molecule has 1 aromatic heterocycles. The van der Waals surface area contributed by atoms with Crippen molar-refractivity contribution in [1.29, 1.82) is 0 Å². The summed E-state index contributed by atoms with van der Waals surface area (Å²) in [5.74, 6) is -6.63. The second kappa shape index (κ2) is 13.9. The number of primary amides is 1. The van der Waals surface area contributed by atoms with Crippen molar-refractivity contribution in [3.8, 4) is 0 Å². The number of carbonyl (C=O) groups is 6. The van der Waals surface area contributed by atoms with E-state index in [0.29, 0.717) is 5.56 Å². The number of amides is 4. The third-order valence-electron chi connectivity index (χ3n) is 5.83. The number of carboxylic acids is 2. The van der Waals surface area contributed by atoms with Gasteiger partial charge in [0.1, 0.15) is 18.1 Å². The van der Waals surface area contributed by atoms with Crippen molar-refractivity contribution in [2.75, 3.05) is 0 Å². The maximum absolute atomic E-state index is 13.0. The summed E-state index contributed by atoms with van der Waals surface area (Å²) in [6.07, 6.45) is 0.206. The molecule has 4 amide bonds. The molecular weight excluding hydrogens is 512 g/mol. The molecule has 0 fully saturated rings. The van der Waals surface area contributed by atoms with Gasteiger partial charge in [0.2, 0.25) is 23.6 Å². The minimum Gasteiger partial charge on any atom is -0.481 e. The van der Waals surface area contributed by atoms with Gasteiger partial charge in [-0.3, -0.25) is 24.0 Å². The summed E-state index contributed by atoms with van der Waals surface area (Å²) in [6.45, 7) is 3.66. The number of nitrogens with one attached hydrogen (secondary N) is 4. The van der Waals surface area contributed by atoms with Crippen LogP contribution < -0.4 is 27.4 Å². The number of rotatable bonds is 15. The number of nitrogens with two attached hydrogens (primary N) is 2. The predicted molar refractivity (Wildman–Crippen MR) is 139 cm³/mol. The summed E-state index contributed by atoms with van der Waals surface area (Å²) in [5, 5.41) is 26.5. The van der Waals surface area contributed by atoms with E-state index in [9.17, 15) is 39.0 Å². The maximum Gasteiger partial charge on any atom is 0.326 e.